The monoisotopic (exact) mass is 467 g/mol. The molecular weight excluding hydrogens is 451 g/mol. The van der Waals surface area contributed by atoms with Crippen LogP contribution in [0.4, 0.5) is 13.2 Å². The molecule has 0 N–H and O–H groups in total. The number of unbranched alkanes of at least 4 members (excludes halogenated alkanes) is 1. The van der Waals surface area contributed by atoms with E-state index in [0.29, 0.717) is 18.4 Å². The lowest BCUT2D eigenvalue weighted by molar-refractivity contribution is -0.137. The molecule has 0 aliphatic carbocycles. The Bertz CT molecular complexity index is 1150. The number of alkyl halides is 3. The van der Waals surface area contributed by atoms with Crippen molar-refractivity contribution in [1.29, 1.82) is 0 Å². The maximum Gasteiger partial charge on any atom is 0.417 e. The molecule has 0 spiro atoms. The van der Waals surface area contributed by atoms with Gasteiger partial charge in [0.1, 0.15) is 5.75 Å². The zero-order valence-electron chi connectivity index (χ0n) is 16.7. The van der Waals surface area contributed by atoms with Gasteiger partial charge in [0.15, 0.2) is 16.6 Å². The number of ether oxygens (including phenoxy) is 2. The number of aromatic nitrogens is 3. The summed E-state index contributed by atoms with van der Waals surface area (Å²) in [6.07, 6.45) is -1.15. The van der Waals surface area contributed by atoms with Crippen LogP contribution in [0.25, 0.3) is 5.82 Å². The molecule has 0 aliphatic rings. The Balaban J connectivity index is 1.76. The van der Waals surface area contributed by atoms with E-state index in [1.807, 2.05) is 6.92 Å². The lowest BCUT2D eigenvalue weighted by Gasteiger charge is -2.10. The highest BCUT2D eigenvalue weighted by Gasteiger charge is 2.30. The summed E-state index contributed by atoms with van der Waals surface area (Å²) in [7, 11) is 0. The molecule has 0 saturated carbocycles. The summed E-state index contributed by atoms with van der Waals surface area (Å²) in [6, 6.07) is 7.78. The predicted molar refractivity (Wildman–Crippen MR) is 109 cm³/mol. The molecule has 0 aliphatic heterocycles. The molecule has 3 rings (SSSR count). The second-order valence-corrected chi connectivity index (χ2v) is 6.94. The summed E-state index contributed by atoms with van der Waals surface area (Å²) >= 11 is 6.07. The van der Waals surface area contributed by atoms with E-state index >= 15 is 0 Å². The average molecular weight is 468 g/mol. The van der Waals surface area contributed by atoms with E-state index < -0.39 is 23.3 Å². The summed E-state index contributed by atoms with van der Waals surface area (Å²) in [5, 5.41) is 3.52. The highest BCUT2D eigenvalue weighted by molar-refractivity contribution is 6.31. The van der Waals surface area contributed by atoms with Crippen LogP contribution in [-0.4, -0.2) is 27.3 Å². The number of benzene rings is 1. The fourth-order valence-electron chi connectivity index (χ4n) is 2.51. The Morgan fingerprint density at radius 2 is 1.84 bits per heavy atom. The van der Waals surface area contributed by atoms with Crippen LogP contribution in [0.15, 0.2) is 53.6 Å². The summed E-state index contributed by atoms with van der Waals surface area (Å²) in [5.41, 5.74) is -1.45. The standard InChI is InChI=1S/C21H17ClF3N3O4/c1-2-3-10-31-20(30)13-4-7-15(8-5-13)32-16-12-27-28(19(29)18(16)22)17-9-6-14(11-26-17)21(23,24)25/h4-9,11-12H,2-3,10H2,1H3. The molecule has 32 heavy (non-hydrogen) atoms. The van der Waals surface area contributed by atoms with Crippen molar-refractivity contribution < 1.29 is 27.4 Å². The number of hydrogen-bond donors (Lipinski definition) is 0. The molecule has 11 heteroatoms. The Labute approximate surface area is 185 Å². The van der Waals surface area contributed by atoms with Crippen LogP contribution >= 0.6 is 11.6 Å². The average Bonchev–Trinajstić information content (AvgIpc) is 2.77. The molecule has 3 aromatic rings. The van der Waals surface area contributed by atoms with Gasteiger partial charge in [-0.3, -0.25) is 4.79 Å². The summed E-state index contributed by atoms with van der Waals surface area (Å²) < 4.78 is 49.5. The van der Waals surface area contributed by atoms with Crippen molar-refractivity contribution >= 4 is 17.6 Å². The zero-order valence-corrected chi connectivity index (χ0v) is 17.5. The van der Waals surface area contributed by atoms with Crippen molar-refractivity contribution in [3.8, 4) is 17.3 Å². The minimum atomic E-state index is -4.55. The number of rotatable bonds is 7. The predicted octanol–water partition coefficient (Wildman–Crippen LogP) is 5.05. The van der Waals surface area contributed by atoms with Gasteiger partial charge in [0.05, 0.1) is 23.9 Å². The normalized spacial score (nSPS) is 11.3. The molecular formula is C21H17ClF3N3O4. The van der Waals surface area contributed by atoms with E-state index in [0.717, 1.165) is 35.9 Å². The molecule has 2 aromatic heterocycles. The zero-order chi connectivity index (χ0) is 23.3. The number of carbonyl (C=O) groups excluding carboxylic acids is 1. The van der Waals surface area contributed by atoms with Gasteiger partial charge >= 0.3 is 12.1 Å². The van der Waals surface area contributed by atoms with Crippen molar-refractivity contribution in [3.63, 3.8) is 0 Å². The molecule has 0 saturated heterocycles. The summed E-state index contributed by atoms with van der Waals surface area (Å²) in [5.74, 6) is -0.388. The largest absolute Gasteiger partial charge is 0.462 e. The molecule has 0 bridgehead atoms. The fraction of sp³-hybridized carbons (Fsp3) is 0.238. The van der Waals surface area contributed by atoms with Gasteiger partial charge in [-0.05, 0) is 42.8 Å². The number of pyridine rings is 1. The first-order valence-corrected chi connectivity index (χ1v) is 9.85. The number of carbonyl (C=O) groups is 1. The molecule has 0 fully saturated rings. The van der Waals surface area contributed by atoms with Crippen molar-refractivity contribution in [1.82, 2.24) is 14.8 Å². The van der Waals surface area contributed by atoms with Gasteiger partial charge in [-0.25, -0.2) is 9.78 Å². The maximum absolute atomic E-state index is 12.7. The number of hydrogen-bond acceptors (Lipinski definition) is 6. The molecule has 7 nitrogen and oxygen atoms in total. The number of halogens is 4. The van der Waals surface area contributed by atoms with Gasteiger partial charge in [0.2, 0.25) is 0 Å². The van der Waals surface area contributed by atoms with Crippen LogP contribution in [0, 0.1) is 0 Å². The highest BCUT2D eigenvalue weighted by atomic mass is 35.5. The smallest absolute Gasteiger partial charge is 0.417 e. The van der Waals surface area contributed by atoms with Gasteiger partial charge < -0.3 is 9.47 Å². The second kappa shape index (κ2) is 9.82. The lowest BCUT2D eigenvalue weighted by atomic mass is 10.2. The van der Waals surface area contributed by atoms with E-state index in [4.69, 9.17) is 21.1 Å². The van der Waals surface area contributed by atoms with Gasteiger partial charge in [-0.1, -0.05) is 24.9 Å². The Morgan fingerprint density at radius 3 is 2.44 bits per heavy atom. The second-order valence-electron chi connectivity index (χ2n) is 6.56. The molecule has 1 aromatic carbocycles. The Hall–Kier alpha value is -3.40. The van der Waals surface area contributed by atoms with Crippen LogP contribution in [0.5, 0.6) is 11.5 Å². The Morgan fingerprint density at radius 1 is 1.12 bits per heavy atom. The van der Waals surface area contributed by atoms with Crippen molar-refractivity contribution in [2.45, 2.75) is 25.9 Å². The van der Waals surface area contributed by atoms with E-state index in [2.05, 4.69) is 10.1 Å². The molecule has 0 atom stereocenters. The highest BCUT2D eigenvalue weighted by Crippen LogP contribution is 2.29. The van der Waals surface area contributed by atoms with E-state index in [1.54, 1.807) is 0 Å². The number of esters is 1. The molecule has 2 heterocycles. The number of nitrogens with zero attached hydrogens (tertiary/aromatic N) is 3. The minimum absolute atomic E-state index is 0.0712. The van der Waals surface area contributed by atoms with Crippen LogP contribution in [-0.2, 0) is 10.9 Å². The SMILES string of the molecule is CCCCOC(=O)c1ccc(Oc2cnn(-c3ccc(C(F)(F)F)cn3)c(=O)c2Cl)cc1. The minimum Gasteiger partial charge on any atom is -0.462 e. The Kier molecular flexibility index (Phi) is 7.14. The molecule has 0 unspecified atom stereocenters. The van der Waals surface area contributed by atoms with Gasteiger partial charge in [-0.2, -0.15) is 23.0 Å². The van der Waals surface area contributed by atoms with Crippen molar-refractivity contribution in [2.24, 2.45) is 0 Å². The summed E-state index contributed by atoms with van der Waals surface area (Å²) in [4.78, 5) is 28.0. The molecule has 0 amide bonds. The van der Waals surface area contributed by atoms with Gasteiger partial charge in [-0.15, -0.1) is 0 Å². The van der Waals surface area contributed by atoms with Gasteiger partial charge in [0.25, 0.3) is 5.56 Å². The van der Waals surface area contributed by atoms with E-state index in [9.17, 15) is 22.8 Å². The molecule has 168 valence electrons. The van der Waals surface area contributed by atoms with Crippen LogP contribution in [0.1, 0.15) is 35.7 Å². The first-order valence-electron chi connectivity index (χ1n) is 9.47. The third-order valence-corrected chi connectivity index (χ3v) is 4.58. The van der Waals surface area contributed by atoms with Crippen molar-refractivity contribution in [3.05, 3.63) is 75.3 Å². The lowest BCUT2D eigenvalue weighted by Crippen LogP contribution is -2.23. The molecule has 0 radical (unpaired) electrons. The third-order valence-electron chi connectivity index (χ3n) is 4.23. The van der Waals surface area contributed by atoms with Crippen LogP contribution in [0.2, 0.25) is 5.02 Å². The topological polar surface area (TPSA) is 83.3 Å². The summed E-state index contributed by atoms with van der Waals surface area (Å²) in [6.45, 7) is 2.32. The first-order chi connectivity index (χ1) is 15.2. The van der Waals surface area contributed by atoms with Crippen LogP contribution < -0.4 is 10.3 Å². The quantitative estimate of drug-likeness (QED) is 0.357. The maximum atomic E-state index is 12.7. The fourth-order valence-corrected chi connectivity index (χ4v) is 2.68. The van der Waals surface area contributed by atoms with E-state index in [-0.39, 0.29) is 22.3 Å². The first kappa shape index (κ1) is 23.3. The van der Waals surface area contributed by atoms with Crippen molar-refractivity contribution in [2.75, 3.05) is 6.61 Å². The van der Waals surface area contributed by atoms with Crippen LogP contribution in [0.3, 0.4) is 0 Å². The van der Waals surface area contributed by atoms with Gasteiger partial charge in [0, 0.05) is 6.20 Å². The third kappa shape index (κ3) is 5.44. The van der Waals surface area contributed by atoms with E-state index in [1.165, 1.54) is 24.3 Å².